The van der Waals surface area contributed by atoms with Crippen molar-refractivity contribution in [3.63, 3.8) is 0 Å². The van der Waals surface area contributed by atoms with Gasteiger partial charge in [-0.15, -0.1) is 0 Å². The molecule has 2 aromatic carbocycles. The zero-order chi connectivity index (χ0) is 22.4. The molecule has 3 aliphatic rings. The summed E-state index contributed by atoms with van der Waals surface area (Å²) in [6, 6.07) is 16.8. The molecule has 6 nitrogen and oxygen atoms in total. The molecule has 2 saturated heterocycles. The maximum Gasteiger partial charge on any atom is 0.410 e. The number of piperidine rings is 1. The molecule has 166 valence electrons. The van der Waals surface area contributed by atoms with E-state index in [9.17, 15) is 9.59 Å². The number of Topliss-reactive ketones (excluding diaryl/α,β-unsaturated/α-hetero) is 1. The van der Waals surface area contributed by atoms with Crippen LogP contribution in [0.5, 0.6) is 0 Å². The Bertz CT molecular complexity index is 1150. The molecule has 0 radical (unpaired) electrons. The lowest BCUT2D eigenvalue weighted by atomic mass is 9.86. The first-order chi connectivity index (χ1) is 16.2. The molecular formula is C27H25N3O3. The van der Waals surface area contributed by atoms with Gasteiger partial charge < -0.3 is 9.64 Å². The van der Waals surface area contributed by atoms with E-state index in [1.54, 1.807) is 12.4 Å². The molecule has 0 saturated carbocycles. The lowest BCUT2D eigenvalue weighted by Crippen LogP contribution is -2.48. The number of rotatable bonds is 4. The average molecular weight is 440 g/mol. The van der Waals surface area contributed by atoms with Crippen LogP contribution in [-0.4, -0.2) is 45.4 Å². The molecule has 1 aromatic heterocycles. The zero-order valence-electron chi connectivity index (χ0n) is 18.3. The minimum Gasteiger partial charge on any atom is -0.448 e. The Labute approximate surface area is 192 Å². The van der Waals surface area contributed by atoms with E-state index in [0.717, 1.165) is 12.8 Å². The molecular weight excluding hydrogens is 414 g/mol. The summed E-state index contributed by atoms with van der Waals surface area (Å²) in [4.78, 5) is 36.2. The van der Waals surface area contributed by atoms with Gasteiger partial charge >= 0.3 is 6.09 Å². The van der Waals surface area contributed by atoms with Crippen molar-refractivity contribution in [2.75, 3.05) is 6.61 Å². The van der Waals surface area contributed by atoms with E-state index >= 15 is 0 Å². The van der Waals surface area contributed by atoms with Crippen molar-refractivity contribution >= 4 is 11.9 Å². The van der Waals surface area contributed by atoms with Gasteiger partial charge in [-0.2, -0.15) is 0 Å². The number of hydrogen-bond acceptors (Lipinski definition) is 5. The molecule has 6 heteroatoms. The maximum atomic E-state index is 13.2. The molecule has 6 rings (SSSR count). The Hall–Kier alpha value is -3.54. The van der Waals surface area contributed by atoms with Crippen LogP contribution in [0.3, 0.4) is 0 Å². The van der Waals surface area contributed by atoms with Gasteiger partial charge in [-0.1, -0.05) is 48.5 Å². The number of nitrogens with zero attached hydrogens (tertiary/aromatic N) is 3. The summed E-state index contributed by atoms with van der Waals surface area (Å²) in [6.07, 6.45) is 7.55. The van der Waals surface area contributed by atoms with E-state index < -0.39 is 0 Å². The second kappa shape index (κ2) is 8.10. The molecule has 1 amide bonds. The molecule has 0 N–H and O–H groups in total. The van der Waals surface area contributed by atoms with Gasteiger partial charge in [-0.25, -0.2) is 9.78 Å². The topological polar surface area (TPSA) is 72.4 Å². The fraction of sp³-hybridized carbons (Fsp3) is 0.333. The maximum absolute atomic E-state index is 13.2. The van der Waals surface area contributed by atoms with Gasteiger partial charge in [0, 0.05) is 36.3 Å². The molecule has 33 heavy (non-hydrogen) atoms. The first-order valence-corrected chi connectivity index (χ1v) is 11.6. The van der Waals surface area contributed by atoms with Crippen LogP contribution >= 0.6 is 0 Å². The predicted octanol–water partition coefficient (Wildman–Crippen LogP) is 4.85. The molecule has 2 aliphatic heterocycles. The van der Waals surface area contributed by atoms with Crippen LogP contribution in [0.15, 0.2) is 67.1 Å². The van der Waals surface area contributed by atoms with E-state index in [-0.39, 0.29) is 35.8 Å². The average Bonchev–Trinajstić information content (AvgIpc) is 3.33. The Kier molecular flexibility index (Phi) is 4.93. The summed E-state index contributed by atoms with van der Waals surface area (Å²) in [5, 5.41) is 0. The smallest absolute Gasteiger partial charge is 0.410 e. The van der Waals surface area contributed by atoms with Crippen molar-refractivity contribution in [3.05, 3.63) is 83.9 Å². The number of fused-ring (bicyclic) bond motifs is 5. The van der Waals surface area contributed by atoms with Crippen LogP contribution in [0, 0.1) is 5.92 Å². The third kappa shape index (κ3) is 3.41. The number of hydrogen-bond donors (Lipinski definition) is 0. The van der Waals surface area contributed by atoms with E-state index in [4.69, 9.17) is 4.74 Å². The van der Waals surface area contributed by atoms with Gasteiger partial charge in [0.05, 0.1) is 6.20 Å². The normalized spacial score (nSPS) is 23.2. The minimum absolute atomic E-state index is 0.0344. The van der Waals surface area contributed by atoms with Crippen LogP contribution < -0.4 is 0 Å². The lowest BCUT2D eigenvalue weighted by Gasteiger charge is -2.37. The van der Waals surface area contributed by atoms with Crippen LogP contribution in [0.2, 0.25) is 0 Å². The summed E-state index contributed by atoms with van der Waals surface area (Å²) >= 11 is 0. The van der Waals surface area contributed by atoms with E-state index in [1.165, 1.54) is 28.5 Å². The van der Waals surface area contributed by atoms with Crippen LogP contribution in [0.25, 0.3) is 11.1 Å². The summed E-state index contributed by atoms with van der Waals surface area (Å²) in [7, 11) is 0. The highest BCUT2D eigenvalue weighted by molar-refractivity contribution is 5.96. The molecule has 2 bridgehead atoms. The van der Waals surface area contributed by atoms with E-state index in [1.807, 2.05) is 29.2 Å². The zero-order valence-corrected chi connectivity index (χ0v) is 18.3. The number of aromatic nitrogens is 2. The standard InChI is InChI=1S/C27H25N3O3/c31-26(25-15-28-11-12-29-25)17-13-18-9-10-19(14-17)30(18)27(32)33-16-24-22-7-3-1-5-20(22)21-6-2-4-8-23(21)24/h1-8,11-12,15,17-19,24H,9-10,13-14,16H2. The number of carbonyl (C=O) groups is 2. The van der Waals surface area contributed by atoms with Crippen molar-refractivity contribution in [2.24, 2.45) is 5.92 Å². The quantitative estimate of drug-likeness (QED) is 0.544. The molecule has 3 aromatic rings. The van der Waals surface area contributed by atoms with Crippen LogP contribution in [-0.2, 0) is 4.74 Å². The van der Waals surface area contributed by atoms with Crippen molar-refractivity contribution in [1.29, 1.82) is 0 Å². The molecule has 2 fully saturated rings. The van der Waals surface area contributed by atoms with Gasteiger partial charge in [-0.05, 0) is 47.9 Å². The summed E-state index contributed by atoms with van der Waals surface area (Å²) < 4.78 is 5.92. The molecule has 2 unspecified atom stereocenters. The summed E-state index contributed by atoms with van der Waals surface area (Å²) in [5.74, 6) is -0.0289. The summed E-state index contributed by atoms with van der Waals surface area (Å²) in [6.45, 7) is 0.324. The largest absolute Gasteiger partial charge is 0.448 e. The fourth-order valence-corrected chi connectivity index (χ4v) is 5.99. The third-order valence-corrected chi connectivity index (χ3v) is 7.47. The minimum atomic E-state index is -0.255. The van der Waals surface area contributed by atoms with Crippen LogP contribution in [0.1, 0.15) is 53.2 Å². The highest BCUT2D eigenvalue weighted by Crippen LogP contribution is 2.45. The SMILES string of the molecule is O=C(c1cnccn1)C1CC2CCC(C1)N2C(=O)OCC1c2ccccc2-c2ccccc21. The molecule has 2 atom stereocenters. The van der Waals surface area contributed by atoms with Crippen molar-refractivity contribution < 1.29 is 14.3 Å². The third-order valence-electron chi connectivity index (χ3n) is 7.47. The number of benzene rings is 2. The highest BCUT2D eigenvalue weighted by atomic mass is 16.6. The number of ether oxygens (including phenoxy) is 1. The lowest BCUT2D eigenvalue weighted by molar-refractivity contribution is 0.0504. The monoisotopic (exact) mass is 439 g/mol. The second-order valence-electron chi connectivity index (χ2n) is 9.22. The van der Waals surface area contributed by atoms with Crippen molar-refractivity contribution in [2.45, 2.75) is 43.7 Å². The van der Waals surface area contributed by atoms with E-state index in [2.05, 4.69) is 34.2 Å². The number of carbonyl (C=O) groups excluding carboxylic acids is 2. The Morgan fingerprint density at radius 1 is 0.909 bits per heavy atom. The Morgan fingerprint density at radius 2 is 1.55 bits per heavy atom. The molecule has 3 heterocycles. The Morgan fingerprint density at radius 3 is 2.15 bits per heavy atom. The fourth-order valence-electron chi connectivity index (χ4n) is 5.99. The first kappa shape index (κ1) is 20.1. The Balaban J connectivity index is 1.15. The second-order valence-corrected chi connectivity index (χ2v) is 9.22. The number of amides is 1. The van der Waals surface area contributed by atoms with Gasteiger partial charge in [0.15, 0.2) is 5.78 Å². The van der Waals surface area contributed by atoms with E-state index in [0.29, 0.717) is 25.1 Å². The van der Waals surface area contributed by atoms with Crippen molar-refractivity contribution in [3.8, 4) is 11.1 Å². The van der Waals surface area contributed by atoms with Gasteiger partial charge in [0.1, 0.15) is 12.3 Å². The predicted molar refractivity (Wildman–Crippen MR) is 123 cm³/mol. The highest BCUT2D eigenvalue weighted by Gasteiger charge is 2.46. The number of ketones is 1. The van der Waals surface area contributed by atoms with Gasteiger partial charge in [0.25, 0.3) is 0 Å². The molecule has 1 aliphatic carbocycles. The van der Waals surface area contributed by atoms with Crippen LogP contribution in [0.4, 0.5) is 4.79 Å². The first-order valence-electron chi connectivity index (χ1n) is 11.6. The van der Waals surface area contributed by atoms with Gasteiger partial charge in [0.2, 0.25) is 0 Å². The summed E-state index contributed by atoms with van der Waals surface area (Å²) in [5.41, 5.74) is 5.28. The van der Waals surface area contributed by atoms with Gasteiger partial charge in [-0.3, -0.25) is 9.78 Å². The van der Waals surface area contributed by atoms with Crippen molar-refractivity contribution in [1.82, 2.24) is 14.9 Å². The molecule has 0 spiro atoms.